The number of sulfonamides is 1. The van der Waals surface area contributed by atoms with Gasteiger partial charge in [0.15, 0.2) is 0 Å². The Balaban J connectivity index is 1.43. The molecule has 0 spiro atoms. The molecular formula is C35H47N5O7S. The molecule has 0 radical (unpaired) electrons. The van der Waals surface area contributed by atoms with Crippen LogP contribution in [0.4, 0.5) is 0 Å². The van der Waals surface area contributed by atoms with E-state index in [1.807, 2.05) is 71.9 Å². The second-order valence-corrected chi connectivity index (χ2v) is 17.6. The number of pyridine rings is 1. The van der Waals surface area contributed by atoms with Crippen LogP contribution < -0.4 is 20.1 Å². The lowest BCUT2D eigenvalue weighted by atomic mass is 9.84. The van der Waals surface area contributed by atoms with Crippen molar-refractivity contribution in [3.63, 3.8) is 0 Å². The molecular weight excluding hydrogens is 634 g/mol. The van der Waals surface area contributed by atoms with Crippen molar-refractivity contribution in [1.29, 1.82) is 0 Å². The normalized spacial score (nSPS) is 24.8. The number of hydrogen-bond donors (Lipinski definition) is 3. The van der Waals surface area contributed by atoms with E-state index >= 15 is 0 Å². The molecule has 260 valence electrons. The fourth-order valence-electron chi connectivity index (χ4n) is 6.25. The molecule has 1 aromatic carbocycles. The summed E-state index contributed by atoms with van der Waals surface area (Å²) in [4.78, 5) is 60.9. The van der Waals surface area contributed by atoms with Crippen molar-refractivity contribution in [2.45, 2.75) is 103 Å². The molecule has 4 amide bonds. The van der Waals surface area contributed by atoms with Gasteiger partial charge in [0.2, 0.25) is 33.6 Å². The quantitative estimate of drug-likeness (QED) is 0.305. The van der Waals surface area contributed by atoms with Crippen LogP contribution in [-0.4, -0.2) is 77.5 Å². The van der Waals surface area contributed by atoms with E-state index in [0.717, 1.165) is 10.8 Å². The monoisotopic (exact) mass is 681 g/mol. The molecule has 5 unspecified atom stereocenters. The average molecular weight is 682 g/mol. The fraction of sp³-hybridized carbons (Fsp3) is 0.571. The van der Waals surface area contributed by atoms with Crippen molar-refractivity contribution in [3.05, 3.63) is 49.2 Å². The smallest absolute Gasteiger partial charge is 0.259 e. The number of nitrogens with zero attached hydrogens (tertiary/aromatic N) is 2. The predicted octanol–water partition coefficient (Wildman–Crippen LogP) is 3.22. The minimum Gasteiger partial charge on any atom is -0.472 e. The van der Waals surface area contributed by atoms with Crippen molar-refractivity contribution >= 4 is 44.4 Å². The number of benzene rings is 1. The van der Waals surface area contributed by atoms with Gasteiger partial charge in [-0.1, -0.05) is 65.8 Å². The summed E-state index contributed by atoms with van der Waals surface area (Å²) in [6.45, 7) is 15.1. The Hall–Kier alpha value is -4.00. The Labute approximate surface area is 282 Å². The number of ether oxygens (including phenoxy) is 1. The first-order chi connectivity index (χ1) is 22.3. The van der Waals surface area contributed by atoms with Gasteiger partial charge in [0.25, 0.3) is 5.91 Å². The van der Waals surface area contributed by atoms with E-state index < -0.39 is 68.1 Å². The molecule has 3 N–H and O–H groups in total. The lowest BCUT2D eigenvalue weighted by molar-refractivity contribution is -0.144. The van der Waals surface area contributed by atoms with Crippen LogP contribution in [0.15, 0.2) is 49.2 Å². The van der Waals surface area contributed by atoms with Gasteiger partial charge < -0.3 is 20.3 Å². The van der Waals surface area contributed by atoms with Gasteiger partial charge in [-0.3, -0.25) is 23.9 Å². The molecule has 5 rings (SSSR count). The lowest BCUT2D eigenvalue weighted by Gasteiger charge is -2.36. The first-order valence-electron chi connectivity index (χ1n) is 16.5. The molecule has 3 fully saturated rings. The second kappa shape index (κ2) is 12.8. The maximum atomic E-state index is 14.4. The predicted molar refractivity (Wildman–Crippen MR) is 181 cm³/mol. The van der Waals surface area contributed by atoms with E-state index in [1.54, 1.807) is 6.20 Å². The zero-order chi connectivity index (χ0) is 35.2. The summed E-state index contributed by atoms with van der Waals surface area (Å²) in [5, 5.41) is 6.78. The minimum absolute atomic E-state index is 0.0175. The van der Waals surface area contributed by atoms with Gasteiger partial charge in [-0.2, -0.15) is 0 Å². The first-order valence-corrected chi connectivity index (χ1v) is 18.0. The molecule has 2 aromatic rings. The Bertz CT molecular complexity index is 1720. The molecule has 2 aliphatic carbocycles. The lowest BCUT2D eigenvalue weighted by Crippen LogP contribution is -2.60. The van der Waals surface area contributed by atoms with Crippen molar-refractivity contribution < 1.29 is 32.3 Å². The number of fused-ring (bicyclic) bond motifs is 1. The van der Waals surface area contributed by atoms with Crippen molar-refractivity contribution in [3.8, 4) is 5.88 Å². The van der Waals surface area contributed by atoms with Crippen LogP contribution in [0, 0.1) is 16.7 Å². The summed E-state index contributed by atoms with van der Waals surface area (Å²) in [7, 11) is -3.87. The molecule has 13 heteroatoms. The standard InChI is InChI=1S/C35H47N5O7S/c1-8-22-18-35(22,32(44)39-48(45,46)24-13-14-24)38-29(42)26-17-23(47-30-25-12-10-9-11-21(25)15-16-36-30)20-40(26)31(43)28(34(5,6)7)37-27(41)19-33(2,3)4/h8-12,15-16,22-24,26,28H,1,13-14,17-20H2,2-7H3,(H,37,41)(H,38,42)(H,39,44). The summed E-state index contributed by atoms with van der Waals surface area (Å²) in [5.41, 5.74) is -2.55. The number of aromatic nitrogens is 1. The zero-order valence-electron chi connectivity index (χ0n) is 28.5. The number of rotatable bonds is 11. The van der Waals surface area contributed by atoms with Gasteiger partial charge in [0.05, 0.1) is 11.8 Å². The van der Waals surface area contributed by atoms with Crippen molar-refractivity contribution in [2.24, 2.45) is 16.7 Å². The van der Waals surface area contributed by atoms with Gasteiger partial charge in [0, 0.05) is 30.3 Å². The van der Waals surface area contributed by atoms with Gasteiger partial charge in [-0.15, -0.1) is 6.58 Å². The molecule has 12 nitrogen and oxygen atoms in total. The van der Waals surface area contributed by atoms with Crippen LogP contribution in [0.25, 0.3) is 10.8 Å². The molecule has 2 heterocycles. The third kappa shape index (κ3) is 7.66. The molecule has 2 saturated carbocycles. The zero-order valence-corrected chi connectivity index (χ0v) is 29.4. The summed E-state index contributed by atoms with van der Waals surface area (Å²) in [6.07, 6.45) is 3.87. The van der Waals surface area contributed by atoms with Crippen LogP contribution in [-0.2, 0) is 29.2 Å². The average Bonchev–Trinajstić information content (AvgIpc) is 3.91. The number of hydrogen-bond acceptors (Lipinski definition) is 8. The summed E-state index contributed by atoms with van der Waals surface area (Å²) < 4.78 is 33.8. The van der Waals surface area contributed by atoms with E-state index in [2.05, 4.69) is 26.9 Å². The van der Waals surface area contributed by atoms with Crippen LogP contribution in [0.3, 0.4) is 0 Å². The molecule has 48 heavy (non-hydrogen) atoms. The molecule has 0 bridgehead atoms. The fourth-order valence-corrected chi connectivity index (χ4v) is 7.61. The van der Waals surface area contributed by atoms with Gasteiger partial charge >= 0.3 is 0 Å². The SMILES string of the molecule is C=CC1CC1(NC(=O)C1CC(Oc2nccc3ccccc23)CN1C(=O)C(NC(=O)CC(C)(C)C)C(C)(C)C)C(=O)NS(=O)(=O)C1CC1. The molecule has 1 aliphatic heterocycles. The van der Waals surface area contributed by atoms with Gasteiger partial charge in [-0.25, -0.2) is 13.4 Å². The minimum atomic E-state index is -3.87. The van der Waals surface area contributed by atoms with Crippen molar-refractivity contribution in [2.75, 3.05) is 6.54 Å². The summed E-state index contributed by atoms with van der Waals surface area (Å²) >= 11 is 0. The number of carbonyl (C=O) groups excluding carboxylic acids is 4. The van der Waals surface area contributed by atoms with E-state index in [1.165, 1.54) is 11.0 Å². The van der Waals surface area contributed by atoms with E-state index in [0.29, 0.717) is 18.7 Å². The summed E-state index contributed by atoms with van der Waals surface area (Å²) in [6, 6.07) is 7.37. The number of likely N-dealkylation sites (tertiary alicyclic amines) is 1. The Kier molecular flexibility index (Phi) is 9.41. The largest absolute Gasteiger partial charge is 0.472 e. The molecule has 1 saturated heterocycles. The third-order valence-electron chi connectivity index (χ3n) is 9.12. The molecule has 1 aromatic heterocycles. The topological polar surface area (TPSA) is 164 Å². The third-order valence-corrected chi connectivity index (χ3v) is 10.9. The maximum absolute atomic E-state index is 14.4. The highest BCUT2D eigenvalue weighted by Crippen LogP contribution is 2.45. The van der Waals surface area contributed by atoms with Crippen LogP contribution in [0.1, 0.15) is 73.6 Å². The van der Waals surface area contributed by atoms with Crippen LogP contribution in [0.5, 0.6) is 5.88 Å². The first kappa shape index (κ1) is 35.3. The Morgan fingerprint density at radius 3 is 2.40 bits per heavy atom. The maximum Gasteiger partial charge on any atom is 0.259 e. The van der Waals surface area contributed by atoms with Crippen molar-refractivity contribution in [1.82, 2.24) is 25.2 Å². The van der Waals surface area contributed by atoms with Crippen LogP contribution in [0.2, 0.25) is 0 Å². The molecule has 5 atom stereocenters. The highest BCUT2D eigenvalue weighted by atomic mass is 32.2. The second-order valence-electron chi connectivity index (χ2n) is 15.6. The highest BCUT2D eigenvalue weighted by Gasteiger charge is 2.62. The Morgan fingerprint density at radius 2 is 1.79 bits per heavy atom. The van der Waals surface area contributed by atoms with E-state index in [-0.39, 0.29) is 37.1 Å². The van der Waals surface area contributed by atoms with E-state index in [4.69, 9.17) is 4.74 Å². The summed E-state index contributed by atoms with van der Waals surface area (Å²) in [5.74, 6) is -2.34. The number of amides is 4. The highest BCUT2D eigenvalue weighted by molar-refractivity contribution is 7.91. The Morgan fingerprint density at radius 1 is 1.10 bits per heavy atom. The van der Waals surface area contributed by atoms with E-state index in [9.17, 15) is 27.6 Å². The molecule has 3 aliphatic rings. The number of carbonyl (C=O) groups is 4. The van der Waals surface area contributed by atoms with Crippen LogP contribution >= 0.6 is 0 Å². The van der Waals surface area contributed by atoms with Gasteiger partial charge in [0.1, 0.15) is 23.7 Å². The van der Waals surface area contributed by atoms with Gasteiger partial charge in [-0.05, 0) is 47.6 Å². The number of nitrogens with one attached hydrogen (secondary N) is 3.